The number of methoxy groups -OCH3 is 1. The van der Waals surface area contributed by atoms with Crippen LogP contribution in [0.25, 0.3) is 0 Å². The number of ether oxygens (including phenoxy) is 1. The zero-order valence-electron chi connectivity index (χ0n) is 16.0. The van der Waals surface area contributed by atoms with Crippen LogP contribution in [0.2, 0.25) is 0 Å². The lowest BCUT2D eigenvalue weighted by atomic mass is 10.1. The number of likely N-dealkylation sites (tertiary alicyclic amines) is 1. The molecule has 0 bridgehead atoms. The number of hydrogen-bond acceptors (Lipinski definition) is 2. The van der Waals surface area contributed by atoms with Gasteiger partial charge in [-0.1, -0.05) is 78.9 Å². The van der Waals surface area contributed by atoms with Crippen molar-refractivity contribution < 1.29 is 4.74 Å². The second-order valence-electron chi connectivity index (χ2n) is 7.34. The smallest absolute Gasteiger partial charge is 0.0618 e. The number of hydrogen-bond donors (Lipinski definition) is 0. The number of benzene rings is 2. The topological polar surface area (TPSA) is 12.5 Å². The molecule has 140 valence electrons. The second kappa shape index (κ2) is 8.97. The maximum atomic E-state index is 5.46. The molecule has 0 unspecified atom stereocenters. The molecule has 1 fully saturated rings. The first-order chi connectivity index (χ1) is 13.4. The molecular formula is C24H28NOP. The Balaban J connectivity index is 1.60. The monoisotopic (exact) mass is 377 g/mol. The molecule has 0 aromatic heterocycles. The van der Waals surface area contributed by atoms with Crippen LogP contribution >= 0.6 is 7.92 Å². The minimum Gasteiger partial charge on any atom is -0.383 e. The van der Waals surface area contributed by atoms with Gasteiger partial charge in [-0.15, -0.1) is 0 Å². The first-order valence-electron chi connectivity index (χ1n) is 9.88. The van der Waals surface area contributed by atoms with Crippen LogP contribution < -0.4 is 10.6 Å². The minimum absolute atomic E-state index is 0.493. The van der Waals surface area contributed by atoms with E-state index in [9.17, 15) is 0 Å². The Kier molecular flexibility index (Phi) is 6.19. The van der Waals surface area contributed by atoms with Gasteiger partial charge in [-0.25, -0.2) is 0 Å². The Morgan fingerprint density at radius 3 is 2.30 bits per heavy atom. The molecule has 4 rings (SSSR count). The largest absolute Gasteiger partial charge is 0.383 e. The highest BCUT2D eigenvalue weighted by Gasteiger charge is 2.31. The molecular weight excluding hydrogens is 349 g/mol. The second-order valence-corrected chi connectivity index (χ2v) is 9.56. The highest BCUT2D eigenvalue weighted by atomic mass is 31.1. The van der Waals surface area contributed by atoms with E-state index >= 15 is 0 Å². The van der Waals surface area contributed by atoms with Gasteiger partial charge in [0.2, 0.25) is 0 Å². The Labute approximate surface area is 164 Å². The van der Waals surface area contributed by atoms with E-state index in [1.807, 2.05) is 7.11 Å². The Morgan fingerprint density at radius 2 is 1.67 bits per heavy atom. The summed E-state index contributed by atoms with van der Waals surface area (Å²) >= 11 is 0. The summed E-state index contributed by atoms with van der Waals surface area (Å²) in [6.45, 7) is 3.15. The molecule has 2 aliphatic rings. The number of nitrogens with zero attached hydrogens (tertiary/aromatic N) is 1. The molecule has 2 aromatic rings. The van der Waals surface area contributed by atoms with Crippen LogP contribution in [-0.4, -0.2) is 37.7 Å². The van der Waals surface area contributed by atoms with Gasteiger partial charge < -0.3 is 4.74 Å². The first kappa shape index (κ1) is 18.6. The van der Waals surface area contributed by atoms with Gasteiger partial charge in [0.1, 0.15) is 0 Å². The zero-order valence-corrected chi connectivity index (χ0v) is 16.9. The molecule has 0 saturated carbocycles. The van der Waals surface area contributed by atoms with Gasteiger partial charge in [0.25, 0.3) is 0 Å². The summed E-state index contributed by atoms with van der Waals surface area (Å²) in [5.41, 5.74) is 0. The lowest BCUT2D eigenvalue weighted by Gasteiger charge is -2.30. The van der Waals surface area contributed by atoms with Gasteiger partial charge in [-0.05, 0) is 43.2 Å². The predicted molar refractivity (Wildman–Crippen MR) is 116 cm³/mol. The fourth-order valence-electron chi connectivity index (χ4n) is 4.28. The van der Waals surface area contributed by atoms with Crippen LogP contribution in [0.1, 0.15) is 12.8 Å². The van der Waals surface area contributed by atoms with Crippen molar-refractivity contribution in [3.8, 4) is 0 Å². The summed E-state index contributed by atoms with van der Waals surface area (Å²) in [7, 11) is 1.33. The molecule has 2 nitrogen and oxygen atoms in total. The van der Waals surface area contributed by atoms with E-state index in [1.54, 1.807) is 5.31 Å². The third-order valence-corrected chi connectivity index (χ3v) is 8.19. The Morgan fingerprint density at radius 1 is 1.00 bits per heavy atom. The molecule has 1 heterocycles. The van der Waals surface area contributed by atoms with Crippen molar-refractivity contribution in [1.29, 1.82) is 0 Å². The predicted octanol–water partition coefficient (Wildman–Crippen LogP) is 4.30. The van der Waals surface area contributed by atoms with E-state index in [2.05, 4.69) is 83.8 Å². The summed E-state index contributed by atoms with van der Waals surface area (Å²) in [5, 5.41) is 4.45. The first-order valence-corrected chi connectivity index (χ1v) is 11.2. The highest BCUT2D eigenvalue weighted by molar-refractivity contribution is 7.76. The van der Waals surface area contributed by atoms with Gasteiger partial charge in [0.05, 0.1) is 6.61 Å². The molecule has 1 saturated heterocycles. The zero-order chi connectivity index (χ0) is 18.5. The molecule has 0 amide bonds. The summed E-state index contributed by atoms with van der Waals surface area (Å²) in [4.78, 5) is 2.64. The van der Waals surface area contributed by atoms with Gasteiger partial charge in [-0.3, -0.25) is 4.90 Å². The van der Waals surface area contributed by atoms with Crippen LogP contribution in [0.4, 0.5) is 0 Å². The van der Waals surface area contributed by atoms with Gasteiger partial charge in [-0.2, -0.15) is 0 Å². The van der Waals surface area contributed by atoms with E-state index in [1.165, 1.54) is 30.0 Å². The average molecular weight is 377 g/mol. The Hall–Kier alpha value is -1.73. The van der Waals surface area contributed by atoms with Crippen molar-refractivity contribution in [3.05, 3.63) is 84.2 Å². The molecule has 27 heavy (non-hydrogen) atoms. The van der Waals surface area contributed by atoms with Crippen molar-refractivity contribution in [2.45, 2.75) is 18.9 Å². The van der Waals surface area contributed by atoms with Crippen LogP contribution in [0.5, 0.6) is 0 Å². The van der Waals surface area contributed by atoms with Crippen molar-refractivity contribution in [2.75, 3.05) is 26.8 Å². The average Bonchev–Trinajstić information content (AvgIpc) is 3.35. The lowest BCUT2D eigenvalue weighted by Crippen LogP contribution is -2.36. The molecule has 1 aliphatic heterocycles. The maximum Gasteiger partial charge on any atom is 0.0618 e. The van der Waals surface area contributed by atoms with E-state index in [4.69, 9.17) is 4.74 Å². The third-order valence-electron chi connectivity index (χ3n) is 5.57. The number of rotatable bonds is 7. The minimum atomic E-state index is -0.493. The van der Waals surface area contributed by atoms with Crippen LogP contribution in [0, 0.1) is 5.92 Å². The van der Waals surface area contributed by atoms with Crippen LogP contribution in [0.3, 0.4) is 0 Å². The normalized spacial score (nSPS) is 22.5. The molecule has 0 radical (unpaired) electrons. The molecule has 2 aromatic carbocycles. The Bertz CT molecular complexity index is 747. The quantitative estimate of drug-likeness (QED) is 0.667. The summed E-state index contributed by atoms with van der Waals surface area (Å²) in [6.07, 6.45) is 9.59. The third kappa shape index (κ3) is 4.24. The lowest BCUT2D eigenvalue weighted by molar-refractivity contribution is 0.112. The van der Waals surface area contributed by atoms with Crippen LogP contribution in [-0.2, 0) is 4.74 Å². The highest BCUT2D eigenvalue weighted by Crippen LogP contribution is 2.49. The standard InChI is InChI=1S/C24H28NOP/c1-26-19-21-11-9-17-25(21)18-20-10-8-16-24(20)27(22-12-4-2-5-13-22)23-14-6-3-7-15-23/h2-8,10,12-16,20-21H,9,11,17-19H2,1H3/t20-,21-/m0/s1. The van der Waals surface area contributed by atoms with E-state index in [0.29, 0.717) is 12.0 Å². The summed E-state index contributed by atoms with van der Waals surface area (Å²) in [5.74, 6) is 0.494. The molecule has 3 heteroatoms. The van der Waals surface area contributed by atoms with Crippen molar-refractivity contribution in [1.82, 2.24) is 4.90 Å². The van der Waals surface area contributed by atoms with E-state index in [0.717, 1.165) is 13.2 Å². The fourth-order valence-corrected chi connectivity index (χ4v) is 6.85. The SMILES string of the molecule is COC[C@@H]1CCCN1C[C@@H]1C=CC=C1P(c1ccccc1)c1ccccc1. The van der Waals surface area contributed by atoms with Gasteiger partial charge in [0, 0.05) is 25.6 Å². The summed E-state index contributed by atoms with van der Waals surface area (Å²) in [6, 6.07) is 22.6. The van der Waals surface area contributed by atoms with Crippen molar-refractivity contribution in [2.24, 2.45) is 5.92 Å². The van der Waals surface area contributed by atoms with Crippen molar-refractivity contribution in [3.63, 3.8) is 0 Å². The van der Waals surface area contributed by atoms with Crippen molar-refractivity contribution >= 4 is 18.5 Å². The van der Waals surface area contributed by atoms with Crippen LogP contribution in [0.15, 0.2) is 84.2 Å². The van der Waals surface area contributed by atoms with E-state index in [-0.39, 0.29) is 0 Å². The van der Waals surface area contributed by atoms with Gasteiger partial charge >= 0.3 is 0 Å². The van der Waals surface area contributed by atoms with Gasteiger partial charge in [0.15, 0.2) is 0 Å². The maximum absolute atomic E-state index is 5.46. The molecule has 1 aliphatic carbocycles. The summed E-state index contributed by atoms with van der Waals surface area (Å²) < 4.78 is 5.46. The molecule has 0 spiro atoms. The fraction of sp³-hybridized carbons (Fsp3) is 0.333. The number of allylic oxidation sites excluding steroid dienone is 2. The molecule has 2 atom stereocenters. The molecule has 0 N–H and O–H groups in total. The van der Waals surface area contributed by atoms with E-state index < -0.39 is 7.92 Å².